The van der Waals surface area contributed by atoms with E-state index in [0.29, 0.717) is 24.1 Å². The molecule has 2 aromatic heterocycles. The highest BCUT2D eigenvalue weighted by Gasteiger charge is 2.17. The Kier molecular flexibility index (Phi) is 6.09. The molecule has 0 spiro atoms. The summed E-state index contributed by atoms with van der Waals surface area (Å²) in [6.07, 6.45) is 1.63. The first-order valence-electron chi connectivity index (χ1n) is 9.92. The van der Waals surface area contributed by atoms with Crippen LogP contribution in [0.5, 0.6) is 5.75 Å². The summed E-state index contributed by atoms with van der Waals surface area (Å²) in [5.74, 6) is 1.10. The highest BCUT2D eigenvalue weighted by atomic mass is 35.5. The molecule has 2 aromatic carbocycles. The molecule has 9 nitrogen and oxygen atoms in total. The molecule has 164 valence electrons. The number of rotatable bonds is 7. The molecule has 32 heavy (non-hydrogen) atoms. The molecule has 0 radical (unpaired) electrons. The van der Waals surface area contributed by atoms with Crippen molar-refractivity contribution in [2.45, 2.75) is 13.5 Å². The number of halogens is 1. The number of H-pyrrole nitrogens is 1. The second kappa shape index (κ2) is 9.11. The maximum absolute atomic E-state index is 12.6. The van der Waals surface area contributed by atoms with Crippen LogP contribution in [-0.4, -0.2) is 31.9 Å². The number of aromatic nitrogens is 4. The van der Waals surface area contributed by atoms with Gasteiger partial charge in [0, 0.05) is 12.1 Å². The van der Waals surface area contributed by atoms with E-state index in [9.17, 15) is 9.59 Å². The minimum atomic E-state index is -0.539. The third-order valence-electron chi connectivity index (χ3n) is 4.83. The van der Waals surface area contributed by atoms with E-state index in [1.807, 2.05) is 43.3 Å². The molecular formula is C22H21ClN6O3. The van der Waals surface area contributed by atoms with Crippen LogP contribution in [0.15, 0.2) is 63.2 Å². The Morgan fingerprint density at radius 3 is 2.56 bits per heavy atom. The summed E-state index contributed by atoms with van der Waals surface area (Å²) in [6.45, 7) is 2.85. The van der Waals surface area contributed by atoms with Gasteiger partial charge >= 0.3 is 5.69 Å². The summed E-state index contributed by atoms with van der Waals surface area (Å²) < 4.78 is 8.40. The zero-order chi connectivity index (χ0) is 22.7. The third-order valence-corrected chi connectivity index (χ3v) is 5.08. The smallest absolute Gasteiger partial charge is 0.329 e. The maximum atomic E-state index is 12.6. The van der Waals surface area contributed by atoms with E-state index in [0.717, 1.165) is 16.9 Å². The fourth-order valence-electron chi connectivity index (χ4n) is 3.23. The summed E-state index contributed by atoms with van der Waals surface area (Å²) in [7, 11) is 1.55. The number of benzene rings is 2. The molecule has 0 atom stereocenters. The van der Waals surface area contributed by atoms with Crippen LogP contribution in [0.1, 0.15) is 18.1 Å². The van der Waals surface area contributed by atoms with Crippen LogP contribution in [0.3, 0.4) is 0 Å². The number of hydrogen-bond donors (Lipinski definition) is 2. The van der Waals surface area contributed by atoms with Crippen LogP contribution in [0.4, 0.5) is 5.95 Å². The molecular weight excluding hydrogens is 432 g/mol. The lowest BCUT2D eigenvalue weighted by Gasteiger charge is -2.08. The molecule has 4 rings (SSSR count). The molecule has 0 amide bonds. The minimum absolute atomic E-state index is 0.256. The van der Waals surface area contributed by atoms with Gasteiger partial charge in [0.25, 0.3) is 5.56 Å². The van der Waals surface area contributed by atoms with Gasteiger partial charge in [0.05, 0.1) is 19.4 Å². The van der Waals surface area contributed by atoms with Crippen molar-refractivity contribution in [1.29, 1.82) is 0 Å². The number of imidazole rings is 1. The fourth-order valence-corrected chi connectivity index (χ4v) is 3.35. The van der Waals surface area contributed by atoms with Gasteiger partial charge in [-0.2, -0.15) is 10.1 Å². The zero-order valence-electron chi connectivity index (χ0n) is 17.5. The van der Waals surface area contributed by atoms with Crippen molar-refractivity contribution in [3.8, 4) is 5.75 Å². The Morgan fingerprint density at radius 2 is 1.88 bits per heavy atom. The van der Waals surface area contributed by atoms with Gasteiger partial charge in [-0.25, -0.2) is 10.2 Å². The molecule has 2 heterocycles. The van der Waals surface area contributed by atoms with Gasteiger partial charge in [-0.05, 0) is 54.4 Å². The predicted molar refractivity (Wildman–Crippen MR) is 125 cm³/mol. The molecule has 0 aliphatic heterocycles. The number of ether oxygens (including phenoxy) is 1. The summed E-state index contributed by atoms with van der Waals surface area (Å²) in [5, 5.41) is 4.87. The molecule has 0 aliphatic carbocycles. The van der Waals surface area contributed by atoms with E-state index >= 15 is 0 Å². The summed E-state index contributed by atoms with van der Waals surface area (Å²) in [4.78, 5) is 31.4. The molecule has 0 bridgehead atoms. The number of nitrogens with zero attached hydrogens (tertiary/aromatic N) is 4. The van der Waals surface area contributed by atoms with Gasteiger partial charge in [0.15, 0.2) is 11.2 Å². The van der Waals surface area contributed by atoms with Crippen molar-refractivity contribution in [3.63, 3.8) is 0 Å². The van der Waals surface area contributed by atoms with Gasteiger partial charge in [-0.3, -0.25) is 18.9 Å². The topological polar surface area (TPSA) is 106 Å². The van der Waals surface area contributed by atoms with Crippen molar-refractivity contribution in [3.05, 3.63) is 85.5 Å². The average Bonchev–Trinajstić information content (AvgIpc) is 3.14. The number of fused-ring (bicyclic) bond motifs is 1. The number of nitrogens with one attached hydrogen (secondary N) is 2. The Balaban J connectivity index is 1.70. The molecule has 0 aliphatic rings. The molecule has 10 heteroatoms. The van der Waals surface area contributed by atoms with Crippen LogP contribution >= 0.6 is 11.6 Å². The first-order chi connectivity index (χ1) is 15.5. The van der Waals surface area contributed by atoms with Crippen LogP contribution < -0.4 is 21.4 Å². The summed E-state index contributed by atoms with van der Waals surface area (Å²) in [5.41, 5.74) is 4.11. The second-order valence-corrected chi connectivity index (χ2v) is 7.45. The molecule has 2 N–H and O–H groups in total. The van der Waals surface area contributed by atoms with Crippen molar-refractivity contribution < 1.29 is 4.74 Å². The number of aryl methyl sites for hydroxylation is 1. The van der Waals surface area contributed by atoms with Crippen molar-refractivity contribution in [1.82, 2.24) is 19.1 Å². The first kappa shape index (κ1) is 21.4. The standard InChI is InChI=1S/C22H21ClN6O3/c1-3-32-17-10-6-14(7-11-17)12-24-27-21-25-19-18(20(30)26-22(31)28(19)2)29(21)13-15-4-8-16(23)9-5-15/h4-12H,3,13H2,1-2H3,(H,25,27)(H,26,30,31)/b24-12-. The largest absolute Gasteiger partial charge is 0.494 e. The summed E-state index contributed by atoms with van der Waals surface area (Å²) in [6, 6.07) is 14.7. The second-order valence-electron chi connectivity index (χ2n) is 7.01. The van der Waals surface area contributed by atoms with E-state index in [4.69, 9.17) is 16.3 Å². The molecule has 0 saturated carbocycles. The van der Waals surface area contributed by atoms with Gasteiger partial charge in [0.1, 0.15) is 5.75 Å². The van der Waals surface area contributed by atoms with Crippen molar-refractivity contribution in [2.75, 3.05) is 12.0 Å². The van der Waals surface area contributed by atoms with Crippen LogP contribution in [0, 0.1) is 0 Å². The normalized spacial score (nSPS) is 11.3. The number of hydrogen-bond acceptors (Lipinski definition) is 6. The van der Waals surface area contributed by atoms with Crippen LogP contribution in [0.25, 0.3) is 11.2 Å². The van der Waals surface area contributed by atoms with Gasteiger partial charge in [-0.15, -0.1) is 0 Å². The van der Waals surface area contributed by atoms with Crippen LogP contribution in [-0.2, 0) is 13.6 Å². The highest BCUT2D eigenvalue weighted by molar-refractivity contribution is 6.30. The van der Waals surface area contributed by atoms with Crippen molar-refractivity contribution in [2.24, 2.45) is 12.1 Å². The SMILES string of the molecule is CCOc1ccc(/C=N\Nc2nc3c(c(=O)[nH]c(=O)n3C)n2Cc2ccc(Cl)cc2)cc1. The summed E-state index contributed by atoms with van der Waals surface area (Å²) >= 11 is 5.99. The van der Waals surface area contributed by atoms with Gasteiger partial charge in [0.2, 0.25) is 5.95 Å². The zero-order valence-corrected chi connectivity index (χ0v) is 18.3. The van der Waals surface area contributed by atoms with E-state index < -0.39 is 11.2 Å². The molecule has 0 fully saturated rings. The van der Waals surface area contributed by atoms with E-state index in [1.165, 1.54) is 4.57 Å². The Morgan fingerprint density at radius 1 is 1.16 bits per heavy atom. The van der Waals surface area contributed by atoms with E-state index in [-0.39, 0.29) is 11.2 Å². The number of hydrazone groups is 1. The van der Waals surface area contributed by atoms with E-state index in [1.54, 1.807) is 30.0 Å². The highest BCUT2D eigenvalue weighted by Crippen LogP contribution is 2.19. The monoisotopic (exact) mass is 452 g/mol. The van der Waals surface area contributed by atoms with E-state index in [2.05, 4.69) is 20.5 Å². The first-order valence-corrected chi connectivity index (χ1v) is 10.3. The van der Waals surface area contributed by atoms with Gasteiger partial charge < -0.3 is 4.74 Å². The maximum Gasteiger partial charge on any atom is 0.329 e. The number of anilines is 1. The molecule has 0 unspecified atom stereocenters. The van der Waals surface area contributed by atoms with Crippen molar-refractivity contribution >= 4 is 34.9 Å². The molecule has 0 saturated heterocycles. The average molecular weight is 453 g/mol. The Bertz CT molecular complexity index is 1380. The third kappa shape index (κ3) is 4.42. The predicted octanol–water partition coefficient (Wildman–Crippen LogP) is 2.97. The fraction of sp³-hybridized carbons (Fsp3) is 0.182. The van der Waals surface area contributed by atoms with Gasteiger partial charge in [-0.1, -0.05) is 23.7 Å². The Hall–Kier alpha value is -3.85. The quantitative estimate of drug-likeness (QED) is 0.331. The molecule has 4 aromatic rings. The lowest BCUT2D eigenvalue weighted by molar-refractivity contribution is 0.340. The lowest BCUT2D eigenvalue weighted by Crippen LogP contribution is -2.29. The van der Waals surface area contributed by atoms with Crippen LogP contribution in [0.2, 0.25) is 5.02 Å². The Labute approximate surface area is 187 Å². The lowest BCUT2D eigenvalue weighted by atomic mass is 10.2. The minimum Gasteiger partial charge on any atom is -0.494 e. The number of aromatic amines is 1.